The molecule has 20 heavy (non-hydrogen) atoms. The molecule has 1 aromatic carbocycles. The smallest absolute Gasteiger partial charge is 0.265 e. The predicted molar refractivity (Wildman–Crippen MR) is 83.6 cm³/mol. The van der Waals surface area contributed by atoms with Gasteiger partial charge in [-0.3, -0.25) is 4.31 Å². The number of hydrogen-bond donors (Lipinski definition) is 0. The summed E-state index contributed by atoms with van der Waals surface area (Å²) in [5, 5.41) is 0.228. The second-order valence-corrected chi connectivity index (χ2v) is 7.02. The zero-order valence-corrected chi connectivity index (χ0v) is 13.8. The zero-order chi connectivity index (χ0) is 14.8. The lowest BCUT2D eigenvalue weighted by Crippen LogP contribution is -2.30. The first kappa shape index (κ1) is 15.3. The standard InChI is InChI=1S/C13H12BrClN2O2S/c1-2-17(10-6-4-3-5-7-10)20(18,19)11-8-12(14)13(15)16-9-11/h3-9H,2H2,1H3. The largest absolute Gasteiger partial charge is 0.267 e. The second kappa shape index (κ2) is 6.11. The van der Waals surface area contributed by atoms with Gasteiger partial charge in [-0.15, -0.1) is 0 Å². The van der Waals surface area contributed by atoms with E-state index in [0.29, 0.717) is 16.7 Å². The topological polar surface area (TPSA) is 50.3 Å². The van der Waals surface area contributed by atoms with Crippen LogP contribution in [0.4, 0.5) is 5.69 Å². The number of hydrogen-bond acceptors (Lipinski definition) is 3. The van der Waals surface area contributed by atoms with Crippen LogP contribution in [-0.4, -0.2) is 19.9 Å². The number of aromatic nitrogens is 1. The Morgan fingerprint density at radius 2 is 1.95 bits per heavy atom. The van der Waals surface area contributed by atoms with Crippen molar-refractivity contribution in [1.29, 1.82) is 0 Å². The van der Waals surface area contributed by atoms with Gasteiger partial charge in [0, 0.05) is 12.7 Å². The molecule has 0 unspecified atom stereocenters. The second-order valence-electron chi connectivity index (χ2n) is 3.95. The minimum absolute atomic E-state index is 0.0967. The number of sulfonamides is 1. The number of anilines is 1. The molecule has 0 saturated carbocycles. The minimum Gasteiger partial charge on any atom is -0.267 e. The number of nitrogens with zero attached hydrogens (tertiary/aromatic N) is 2. The van der Waals surface area contributed by atoms with Crippen molar-refractivity contribution in [3.63, 3.8) is 0 Å². The summed E-state index contributed by atoms with van der Waals surface area (Å²) in [6.45, 7) is 2.11. The highest BCUT2D eigenvalue weighted by molar-refractivity contribution is 9.10. The molecule has 1 aromatic heterocycles. The van der Waals surface area contributed by atoms with Crippen LogP contribution < -0.4 is 4.31 Å². The fourth-order valence-corrected chi connectivity index (χ4v) is 3.81. The van der Waals surface area contributed by atoms with Crippen LogP contribution in [0.25, 0.3) is 0 Å². The van der Waals surface area contributed by atoms with E-state index in [2.05, 4.69) is 20.9 Å². The van der Waals surface area contributed by atoms with Crippen LogP contribution >= 0.6 is 27.5 Å². The first-order valence-electron chi connectivity index (χ1n) is 5.85. The lowest BCUT2D eigenvalue weighted by Gasteiger charge is -2.22. The average molecular weight is 376 g/mol. The summed E-state index contributed by atoms with van der Waals surface area (Å²) in [6, 6.07) is 10.4. The Morgan fingerprint density at radius 1 is 1.30 bits per heavy atom. The third-order valence-corrected chi connectivity index (χ3v) is 5.69. The molecule has 0 fully saturated rings. The molecule has 0 bridgehead atoms. The molecule has 2 rings (SSSR count). The van der Waals surface area contributed by atoms with Crippen LogP contribution in [0.5, 0.6) is 0 Å². The Morgan fingerprint density at radius 3 is 2.50 bits per heavy atom. The Bertz CT molecular complexity index is 708. The molecule has 0 aliphatic rings. The molecular weight excluding hydrogens is 364 g/mol. The number of benzene rings is 1. The SMILES string of the molecule is CCN(c1ccccc1)S(=O)(=O)c1cnc(Cl)c(Br)c1. The fourth-order valence-electron chi connectivity index (χ4n) is 1.76. The van der Waals surface area contributed by atoms with Gasteiger partial charge >= 0.3 is 0 Å². The maximum atomic E-state index is 12.6. The molecule has 0 N–H and O–H groups in total. The average Bonchev–Trinajstić information content (AvgIpc) is 2.43. The maximum Gasteiger partial charge on any atom is 0.265 e. The summed E-state index contributed by atoms with van der Waals surface area (Å²) in [5.74, 6) is 0. The summed E-state index contributed by atoms with van der Waals surface area (Å²) in [6.07, 6.45) is 1.26. The third kappa shape index (κ3) is 2.97. The summed E-state index contributed by atoms with van der Waals surface area (Å²) in [5.41, 5.74) is 0.612. The molecule has 0 radical (unpaired) electrons. The molecular formula is C13H12BrClN2O2S. The van der Waals surface area contributed by atoms with E-state index in [1.165, 1.54) is 16.6 Å². The summed E-state index contributed by atoms with van der Waals surface area (Å²) in [4.78, 5) is 3.96. The van der Waals surface area contributed by atoms with Crippen molar-refractivity contribution in [1.82, 2.24) is 4.98 Å². The van der Waals surface area contributed by atoms with Crippen molar-refractivity contribution in [2.75, 3.05) is 10.8 Å². The maximum absolute atomic E-state index is 12.6. The predicted octanol–water partition coefficient (Wildman–Crippen LogP) is 3.71. The molecule has 1 heterocycles. The number of pyridine rings is 1. The zero-order valence-electron chi connectivity index (χ0n) is 10.6. The quantitative estimate of drug-likeness (QED) is 0.765. The summed E-state index contributed by atoms with van der Waals surface area (Å²) >= 11 is 8.98. The van der Waals surface area contributed by atoms with Gasteiger partial charge in [-0.2, -0.15) is 0 Å². The van der Waals surface area contributed by atoms with Crippen LogP contribution in [0.1, 0.15) is 6.92 Å². The molecule has 4 nitrogen and oxygen atoms in total. The Hall–Kier alpha value is -1.11. The van der Waals surface area contributed by atoms with Gasteiger partial charge in [0.15, 0.2) is 0 Å². The van der Waals surface area contributed by atoms with Gasteiger partial charge in [-0.1, -0.05) is 29.8 Å². The van der Waals surface area contributed by atoms with E-state index in [1.54, 1.807) is 31.2 Å². The fraction of sp³-hybridized carbons (Fsp3) is 0.154. The van der Waals surface area contributed by atoms with Crippen molar-refractivity contribution in [3.8, 4) is 0 Å². The van der Waals surface area contributed by atoms with E-state index < -0.39 is 10.0 Å². The van der Waals surface area contributed by atoms with Crippen LogP contribution in [0.2, 0.25) is 5.15 Å². The van der Waals surface area contributed by atoms with Crippen LogP contribution in [0, 0.1) is 0 Å². The Kier molecular flexibility index (Phi) is 4.67. The van der Waals surface area contributed by atoms with Gasteiger partial charge in [-0.25, -0.2) is 13.4 Å². The van der Waals surface area contributed by atoms with E-state index in [-0.39, 0.29) is 10.0 Å². The third-order valence-electron chi connectivity index (χ3n) is 2.69. The van der Waals surface area contributed by atoms with Crippen molar-refractivity contribution in [2.45, 2.75) is 11.8 Å². The lowest BCUT2D eigenvalue weighted by molar-refractivity contribution is 0.591. The van der Waals surface area contributed by atoms with Gasteiger partial charge in [0.25, 0.3) is 10.0 Å². The van der Waals surface area contributed by atoms with E-state index in [0.717, 1.165) is 0 Å². The van der Waals surface area contributed by atoms with Crippen LogP contribution in [-0.2, 0) is 10.0 Å². The molecule has 0 aliphatic heterocycles. The Labute approximate surface area is 131 Å². The van der Waals surface area contributed by atoms with Crippen LogP contribution in [0.3, 0.4) is 0 Å². The minimum atomic E-state index is -3.66. The molecule has 0 atom stereocenters. The molecule has 7 heteroatoms. The van der Waals surface area contributed by atoms with Crippen molar-refractivity contribution < 1.29 is 8.42 Å². The van der Waals surface area contributed by atoms with Crippen molar-refractivity contribution in [3.05, 3.63) is 52.2 Å². The summed E-state index contributed by atoms with van der Waals surface area (Å²) < 4.78 is 27.1. The van der Waals surface area contributed by atoms with E-state index >= 15 is 0 Å². The first-order valence-corrected chi connectivity index (χ1v) is 8.46. The van der Waals surface area contributed by atoms with E-state index in [4.69, 9.17) is 11.6 Å². The number of rotatable bonds is 4. The van der Waals surface area contributed by atoms with Crippen molar-refractivity contribution in [2.24, 2.45) is 0 Å². The molecule has 0 amide bonds. The van der Waals surface area contributed by atoms with Gasteiger partial charge in [0.05, 0.1) is 10.2 Å². The molecule has 0 aliphatic carbocycles. The van der Waals surface area contributed by atoms with Crippen molar-refractivity contribution >= 4 is 43.2 Å². The normalized spacial score (nSPS) is 11.3. The molecule has 106 valence electrons. The van der Waals surface area contributed by atoms with Gasteiger partial charge in [-0.05, 0) is 41.1 Å². The van der Waals surface area contributed by atoms with Gasteiger partial charge in [0.1, 0.15) is 10.0 Å². The molecule has 0 saturated heterocycles. The monoisotopic (exact) mass is 374 g/mol. The highest BCUT2D eigenvalue weighted by atomic mass is 79.9. The van der Waals surface area contributed by atoms with Gasteiger partial charge in [0.2, 0.25) is 0 Å². The van der Waals surface area contributed by atoms with E-state index in [9.17, 15) is 8.42 Å². The molecule has 2 aromatic rings. The van der Waals surface area contributed by atoms with E-state index in [1.807, 2.05) is 6.07 Å². The Balaban J connectivity index is 2.50. The van der Waals surface area contributed by atoms with Crippen LogP contribution in [0.15, 0.2) is 52.0 Å². The highest BCUT2D eigenvalue weighted by Crippen LogP contribution is 2.27. The number of para-hydroxylation sites is 1. The summed E-state index contributed by atoms with van der Waals surface area (Å²) in [7, 11) is -3.66. The molecule has 0 spiro atoms. The highest BCUT2D eigenvalue weighted by Gasteiger charge is 2.24. The number of halogens is 2. The first-order chi connectivity index (χ1) is 9.46. The lowest BCUT2D eigenvalue weighted by atomic mass is 10.3. The van der Waals surface area contributed by atoms with Gasteiger partial charge < -0.3 is 0 Å².